The molecule has 0 aliphatic carbocycles. The molecule has 26 heavy (non-hydrogen) atoms. The number of benzene rings is 2. The number of hydrogen-bond acceptors (Lipinski definition) is 5. The number of nitriles is 1. The van der Waals surface area contributed by atoms with Crippen LogP contribution in [0.2, 0.25) is 5.02 Å². The topological polar surface area (TPSA) is 83.4 Å². The molecule has 2 aromatic carbocycles. The van der Waals surface area contributed by atoms with Gasteiger partial charge in [0, 0.05) is 17.6 Å². The molecular formula is C19H18ClN3O3. The number of methoxy groups -OCH3 is 1. The first-order chi connectivity index (χ1) is 12.6. The SMILES string of the molecule is CCOc1ccc(NC(=O)/C(C#N)=C\Nc2ccc(OC)c(Cl)c2)cc1. The van der Waals surface area contributed by atoms with E-state index >= 15 is 0 Å². The van der Waals surface area contributed by atoms with Gasteiger partial charge in [0.15, 0.2) is 0 Å². The predicted molar refractivity (Wildman–Crippen MR) is 102 cm³/mol. The fourth-order valence-corrected chi connectivity index (χ4v) is 2.32. The van der Waals surface area contributed by atoms with Gasteiger partial charge in [-0.3, -0.25) is 4.79 Å². The number of halogens is 1. The number of rotatable bonds is 7. The summed E-state index contributed by atoms with van der Waals surface area (Å²) in [6, 6.07) is 13.8. The van der Waals surface area contributed by atoms with Crippen LogP contribution in [0, 0.1) is 11.3 Å². The average molecular weight is 372 g/mol. The van der Waals surface area contributed by atoms with Gasteiger partial charge >= 0.3 is 0 Å². The van der Waals surface area contributed by atoms with Crippen molar-refractivity contribution in [3.8, 4) is 17.6 Å². The molecule has 0 heterocycles. The molecular weight excluding hydrogens is 354 g/mol. The lowest BCUT2D eigenvalue weighted by atomic mass is 10.2. The molecule has 2 N–H and O–H groups in total. The Morgan fingerprint density at radius 3 is 2.50 bits per heavy atom. The molecule has 0 atom stereocenters. The van der Waals surface area contributed by atoms with Gasteiger partial charge in [0.1, 0.15) is 23.1 Å². The van der Waals surface area contributed by atoms with E-state index in [4.69, 9.17) is 21.1 Å². The second-order valence-corrected chi connectivity index (χ2v) is 5.48. The van der Waals surface area contributed by atoms with Crippen LogP contribution in [0.25, 0.3) is 0 Å². The van der Waals surface area contributed by atoms with Crippen LogP contribution >= 0.6 is 11.6 Å². The maximum Gasteiger partial charge on any atom is 0.267 e. The third kappa shape index (κ3) is 5.16. The van der Waals surface area contributed by atoms with Crippen LogP contribution in [0.1, 0.15) is 6.92 Å². The highest BCUT2D eigenvalue weighted by Gasteiger charge is 2.10. The lowest BCUT2D eigenvalue weighted by Gasteiger charge is -2.08. The van der Waals surface area contributed by atoms with Gasteiger partial charge in [0.25, 0.3) is 5.91 Å². The van der Waals surface area contributed by atoms with Crippen molar-refractivity contribution in [3.05, 3.63) is 59.3 Å². The fraction of sp³-hybridized carbons (Fsp3) is 0.158. The Morgan fingerprint density at radius 1 is 1.23 bits per heavy atom. The van der Waals surface area contributed by atoms with Crippen LogP contribution in [0.4, 0.5) is 11.4 Å². The maximum absolute atomic E-state index is 12.2. The summed E-state index contributed by atoms with van der Waals surface area (Å²) in [5, 5.41) is 15.2. The number of anilines is 2. The van der Waals surface area contributed by atoms with Gasteiger partial charge in [-0.25, -0.2) is 0 Å². The van der Waals surface area contributed by atoms with Crippen molar-refractivity contribution in [2.45, 2.75) is 6.92 Å². The van der Waals surface area contributed by atoms with E-state index in [-0.39, 0.29) is 5.57 Å². The van der Waals surface area contributed by atoms with Crippen LogP contribution in [0.15, 0.2) is 54.2 Å². The fourth-order valence-electron chi connectivity index (χ4n) is 2.06. The van der Waals surface area contributed by atoms with E-state index in [1.807, 2.05) is 13.0 Å². The highest BCUT2D eigenvalue weighted by atomic mass is 35.5. The van der Waals surface area contributed by atoms with Crippen molar-refractivity contribution in [2.75, 3.05) is 24.4 Å². The van der Waals surface area contributed by atoms with E-state index in [2.05, 4.69) is 10.6 Å². The molecule has 0 aliphatic heterocycles. The van der Waals surface area contributed by atoms with Gasteiger partial charge in [-0.15, -0.1) is 0 Å². The van der Waals surface area contributed by atoms with Crippen LogP contribution in [0.5, 0.6) is 11.5 Å². The van der Waals surface area contributed by atoms with Crippen molar-refractivity contribution in [1.82, 2.24) is 0 Å². The van der Waals surface area contributed by atoms with Crippen molar-refractivity contribution >= 4 is 28.9 Å². The third-order valence-corrected chi connectivity index (χ3v) is 3.62. The first kappa shape index (κ1) is 19.2. The standard InChI is InChI=1S/C19H18ClN3O3/c1-3-26-16-7-4-14(5-8-16)23-19(24)13(11-21)12-22-15-6-9-18(25-2)17(20)10-15/h4-10,12,22H,3H2,1-2H3,(H,23,24)/b13-12-. The molecule has 134 valence electrons. The van der Waals surface area contributed by atoms with Crippen LogP contribution in [-0.4, -0.2) is 19.6 Å². The van der Waals surface area contributed by atoms with Crippen molar-refractivity contribution in [2.24, 2.45) is 0 Å². The van der Waals surface area contributed by atoms with E-state index in [9.17, 15) is 10.1 Å². The Hall–Kier alpha value is -3.17. The number of carbonyl (C=O) groups excluding carboxylic acids is 1. The van der Waals surface area contributed by atoms with E-state index in [0.29, 0.717) is 34.5 Å². The summed E-state index contributed by atoms with van der Waals surface area (Å²) in [4.78, 5) is 12.2. The molecule has 0 saturated carbocycles. The largest absolute Gasteiger partial charge is 0.495 e. The second kappa shape index (κ2) is 9.35. The van der Waals surface area contributed by atoms with E-state index in [0.717, 1.165) is 0 Å². The summed E-state index contributed by atoms with van der Waals surface area (Å²) in [5.41, 5.74) is 1.11. The summed E-state index contributed by atoms with van der Waals surface area (Å²) < 4.78 is 10.4. The number of nitrogens with zero attached hydrogens (tertiary/aromatic N) is 1. The third-order valence-electron chi connectivity index (χ3n) is 3.32. The maximum atomic E-state index is 12.2. The summed E-state index contributed by atoms with van der Waals surface area (Å²) in [5.74, 6) is 0.721. The van der Waals surface area contributed by atoms with Crippen molar-refractivity contribution in [1.29, 1.82) is 5.26 Å². The molecule has 2 rings (SSSR count). The average Bonchev–Trinajstić information content (AvgIpc) is 2.64. The Kier molecular flexibility index (Phi) is 6.89. The first-order valence-electron chi connectivity index (χ1n) is 7.82. The Bertz CT molecular complexity index is 842. The molecule has 7 heteroatoms. The minimum Gasteiger partial charge on any atom is -0.495 e. The first-order valence-corrected chi connectivity index (χ1v) is 8.19. The molecule has 0 aromatic heterocycles. The number of ether oxygens (including phenoxy) is 2. The minimum atomic E-state index is -0.524. The normalized spacial score (nSPS) is 10.6. The van der Waals surface area contributed by atoms with Gasteiger partial charge in [-0.1, -0.05) is 11.6 Å². The van der Waals surface area contributed by atoms with E-state index < -0.39 is 5.91 Å². The smallest absolute Gasteiger partial charge is 0.267 e. The zero-order valence-corrected chi connectivity index (χ0v) is 15.1. The summed E-state index contributed by atoms with van der Waals surface area (Å²) >= 11 is 6.04. The highest BCUT2D eigenvalue weighted by molar-refractivity contribution is 6.32. The molecule has 0 saturated heterocycles. The lowest BCUT2D eigenvalue weighted by molar-refractivity contribution is -0.112. The lowest BCUT2D eigenvalue weighted by Crippen LogP contribution is -2.14. The molecule has 0 unspecified atom stereocenters. The summed E-state index contributed by atoms with van der Waals surface area (Å²) in [6.07, 6.45) is 1.32. The highest BCUT2D eigenvalue weighted by Crippen LogP contribution is 2.27. The number of hydrogen-bond donors (Lipinski definition) is 2. The zero-order chi connectivity index (χ0) is 18.9. The van der Waals surface area contributed by atoms with Crippen LogP contribution < -0.4 is 20.1 Å². The predicted octanol–water partition coefficient (Wildman–Crippen LogP) is 4.21. The number of amides is 1. The van der Waals surface area contributed by atoms with E-state index in [1.165, 1.54) is 13.3 Å². The number of carbonyl (C=O) groups is 1. The second-order valence-electron chi connectivity index (χ2n) is 5.07. The Labute approximate surface area is 157 Å². The molecule has 2 aromatic rings. The van der Waals surface area contributed by atoms with Crippen LogP contribution in [0.3, 0.4) is 0 Å². The quantitative estimate of drug-likeness (QED) is 0.562. The Balaban J connectivity index is 2.04. The summed E-state index contributed by atoms with van der Waals surface area (Å²) in [6.45, 7) is 2.46. The van der Waals surface area contributed by atoms with Gasteiger partial charge in [0.2, 0.25) is 0 Å². The molecule has 0 radical (unpaired) electrons. The zero-order valence-electron chi connectivity index (χ0n) is 14.4. The van der Waals surface area contributed by atoms with E-state index in [1.54, 1.807) is 42.5 Å². The molecule has 0 bridgehead atoms. The van der Waals surface area contributed by atoms with Gasteiger partial charge in [0.05, 0.1) is 18.7 Å². The summed E-state index contributed by atoms with van der Waals surface area (Å²) in [7, 11) is 1.52. The van der Waals surface area contributed by atoms with Gasteiger partial charge in [-0.2, -0.15) is 5.26 Å². The van der Waals surface area contributed by atoms with Crippen molar-refractivity contribution in [3.63, 3.8) is 0 Å². The molecule has 0 spiro atoms. The van der Waals surface area contributed by atoms with Crippen LogP contribution in [-0.2, 0) is 4.79 Å². The molecule has 0 aliphatic rings. The Morgan fingerprint density at radius 2 is 1.92 bits per heavy atom. The monoisotopic (exact) mass is 371 g/mol. The minimum absolute atomic E-state index is 0.0779. The molecule has 6 nitrogen and oxygen atoms in total. The van der Waals surface area contributed by atoms with Gasteiger partial charge in [-0.05, 0) is 49.4 Å². The van der Waals surface area contributed by atoms with Crippen molar-refractivity contribution < 1.29 is 14.3 Å². The van der Waals surface area contributed by atoms with Gasteiger partial charge < -0.3 is 20.1 Å². The number of nitrogens with one attached hydrogen (secondary N) is 2. The molecule has 1 amide bonds. The molecule has 0 fully saturated rings.